The fraction of sp³-hybridized carbons (Fsp3) is 0.750. The van der Waals surface area contributed by atoms with Crippen LogP contribution >= 0.6 is 0 Å². The van der Waals surface area contributed by atoms with Gasteiger partial charge in [-0.15, -0.1) is 0 Å². The highest BCUT2D eigenvalue weighted by molar-refractivity contribution is 5.37. The monoisotopic (exact) mass is 328 g/mol. The van der Waals surface area contributed by atoms with Gasteiger partial charge >= 0.3 is 0 Å². The Bertz CT molecular complexity index is 494. The molecule has 3 aliphatic heterocycles. The van der Waals surface area contributed by atoms with Gasteiger partial charge in [-0.1, -0.05) is 6.07 Å². The second-order valence-corrected chi connectivity index (χ2v) is 8.17. The molecule has 0 radical (unpaired) electrons. The van der Waals surface area contributed by atoms with Crippen molar-refractivity contribution < 1.29 is 0 Å². The first kappa shape index (κ1) is 16.3. The summed E-state index contributed by atoms with van der Waals surface area (Å²) >= 11 is 0. The lowest BCUT2D eigenvalue weighted by Crippen LogP contribution is -2.47. The summed E-state index contributed by atoms with van der Waals surface area (Å²) in [5.41, 5.74) is 0.685. The first-order chi connectivity index (χ1) is 11.8. The Kier molecular flexibility index (Phi) is 5.04. The van der Waals surface area contributed by atoms with Crippen LogP contribution in [0, 0.1) is 11.3 Å². The van der Waals surface area contributed by atoms with Crippen molar-refractivity contribution in [2.24, 2.45) is 11.3 Å². The maximum absolute atomic E-state index is 4.50. The largest absolute Gasteiger partial charge is 0.357 e. The van der Waals surface area contributed by atoms with E-state index in [1.807, 2.05) is 12.3 Å². The summed E-state index contributed by atoms with van der Waals surface area (Å²) in [6, 6.07) is 6.24. The van der Waals surface area contributed by atoms with Crippen LogP contribution < -0.4 is 10.2 Å². The Hall–Kier alpha value is -1.13. The van der Waals surface area contributed by atoms with E-state index in [1.54, 1.807) is 0 Å². The zero-order valence-corrected chi connectivity index (χ0v) is 14.9. The average molecular weight is 329 g/mol. The van der Waals surface area contributed by atoms with Gasteiger partial charge in [0.2, 0.25) is 0 Å². The Morgan fingerprint density at radius 3 is 2.42 bits per heavy atom. The molecule has 1 spiro atoms. The molecule has 0 aromatic carbocycles. The van der Waals surface area contributed by atoms with Gasteiger partial charge in [-0.3, -0.25) is 0 Å². The molecule has 4 nitrogen and oxygen atoms in total. The predicted molar refractivity (Wildman–Crippen MR) is 99.4 cm³/mol. The number of hydrogen-bond donors (Lipinski definition) is 1. The van der Waals surface area contributed by atoms with Gasteiger partial charge in [0.1, 0.15) is 5.82 Å². The Balaban J connectivity index is 1.22. The Labute approximate surface area is 146 Å². The summed E-state index contributed by atoms with van der Waals surface area (Å²) in [6.45, 7) is 8.82. The first-order valence-corrected chi connectivity index (χ1v) is 9.92. The fourth-order valence-corrected chi connectivity index (χ4v) is 4.92. The molecular weight excluding hydrogens is 296 g/mol. The molecule has 0 aliphatic carbocycles. The van der Waals surface area contributed by atoms with Gasteiger partial charge in [0.25, 0.3) is 0 Å². The lowest BCUT2D eigenvalue weighted by atomic mass is 9.71. The molecule has 1 aromatic heterocycles. The van der Waals surface area contributed by atoms with Crippen LogP contribution in [0.15, 0.2) is 24.4 Å². The summed E-state index contributed by atoms with van der Waals surface area (Å²) in [5.74, 6) is 2.04. The smallest absolute Gasteiger partial charge is 0.128 e. The van der Waals surface area contributed by atoms with Crippen LogP contribution in [0.4, 0.5) is 5.82 Å². The van der Waals surface area contributed by atoms with E-state index in [1.165, 1.54) is 84.3 Å². The minimum atomic E-state index is 0.685. The average Bonchev–Trinajstić information content (AvgIpc) is 2.66. The fourth-order valence-electron chi connectivity index (χ4n) is 4.92. The number of aromatic nitrogens is 1. The van der Waals surface area contributed by atoms with E-state index in [0.717, 1.165) is 11.7 Å². The van der Waals surface area contributed by atoms with Gasteiger partial charge in [-0.05, 0) is 88.2 Å². The van der Waals surface area contributed by atoms with Crippen molar-refractivity contribution >= 4 is 5.82 Å². The van der Waals surface area contributed by atoms with E-state index in [4.69, 9.17) is 0 Å². The van der Waals surface area contributed by atoms with Crippen molar-refractivity contribution in [3.05, 3.63) is 24.4 Å². The number of hydrogen-bond acceptors (Lipinski definition) is 4. The van der Waals surface area contributed by atoms with Crippen LogP contribution in [-0.2, 0) is 0 Å². The molecule has 0 bridgehead atoms. The molecule has 4 heteroatoms. The second-order valence-electron chi connectivity index (χ2n) is 8.17. The van der Waals surface area contributed by atoms with Gasteiger partial charge in [0, 0.05) is 25.8 Å². The summed E-state index contributed by atoms with van der Waals surface area (Å²) in [6.07, 6.45) is 10.2. The highest BCUT2D eigenvalue weighted by atomic mass is 15.2. The zero-order chi connectivity index (χ0) is 16.2. The highest BCUT2D eigenvalue weighted by Gasteiger charge is 2.36. The number of rotatable bonds is 3. The van der Waals surface area contributed by atoms with E-state index >= 15 is 0 Å². The van der Waals surface area contributed by atoms with Gasteiger partial charge in [-0.2, -0.15) is 0 Å². The Morgan fingerprint density at radius 1 is 1.00 bits per heavy atom. The molecule has 4 heterocycles. The molecule has 0 saturated carbocycles. The summed E-state index contributed by atoms with van der Waals surface area (Å²) < 4.78 is 0. The number of nitrogens with zero attached hydrogens (tertiary/aromatic N) is 3. The molecule has 1 N–H and O–H groups in total. The maximum Gasteiger partial charge on any atom is 0.128 e. The lowest BCUT2D eigenvalue weighted by molar-refractivity contribution is 0.0628. The molecule has 1 aromatic rings. The maximum atomic E-state index is 4.50. The van der Waals surface area contributed by atoms with Crippen LogP contribution in [0.1, 0.15) is 38.5 Å². The van der Waals surface area contributed by atoms with Crippen LogP contribution in [0.5, 0.6) is 0 Å². The first-order valence-electron chi connectivity index (χ1n) is 9.92. The van der Waals surface area contributed by atoms with E-state index in [-0.39, 0.29) is 0 Å². The minimum Gasteiger partial charge on any atom is -0.357 e. The SMILES string of the molecule is c1ccc(N2CCC(CN3CCC4(CCNCC4)CC3)CC2)nc1. The molecule has 24 heavy (non-hydrogen) atoms. The summed E-state index contributed by atoms with van der Waals surface area (Å²) in [7, 11) is 0. The zero-order valence-electron chi connectivity index (χ0n) is 14.9. The minimum absolute atomic E-state index is 0.685. The molecule has 3 saturated heterocycles. The molecular formula is C20H32N4. The number of nitrogens with one attached hydrogen (secondary N) is 1. The normalized spacial score (nSPS) is 25.9. The van der Waals surface area contributed by atoms with Gasteiger partial charge in [0.15, 0.2) is 0 Å². The number of piperidine rings is 3. The highest BCUT2D eigenvalue weighted by Crippen LogP contribution is 2.39. The number of anilines is 1. The van der Waals surface area contributed by atoms with Crippen LogP contribution in [0.2, 0.25) is 0 Å². The third-order valence-electron chi connectivity index (χ3n) is 6.69. The third-order valence-corrected chi connectivity index (χ3v) is 6.69. The van der Waals surface area contributed by atoms with Crippen molar-refractivity contribution in [1.82, 2.24) is 15.2 Å². The number of pyridine rings is 1. The second kappa shape index (κ2) is 7.40. The molecule has 0 unspecified atom stereocenters. The van der Waals surface area contributed by atoms with Crippen molar-refractivity contribution in [3.8, 4) is 0 Å². The van der Waals surface area contributed by atoms with E-state index in [0.29, 0.717) is 5.41 Å². The molecule has 3 aliphatic rings. The van der Waals surface area contributed by atoms with E-state index < -0.39 is 0 Å². The Morgan fingerprint density at radius 2 is 1.75 bits per heavy atom. The number of likely N-dealkylation sites (tertiary alicyclic amines) is 1. The predicted octanol–water partition coefficient (Wildman–Crippen LogP) is 2.76. The van der Waals surface area contributed by atoms with E-state index in [9.17, 15) is 0 Å². The van der Waals surface area contributed by atoms with Crippen LogP contribution in [0.25, 0.3) is 0 Å². The molecule has 4 rings (SSSR count). The van der Waals surface area contributed by atoms with Crippen molar-refractivity contribution in [2.75, 3.05) is 50.7 Å². The third kappa shape index (κ3) is 3.75. The quantitative estimate of drug-likeness (QED) is 0.924. The topological polar surface area (TPSA) is 31.4 Å². The van der Waals surface area contributed by atoms with E-state index in [2.05, 4.69) is 32.2 Å². The summed E-state index contributed by atoms with van der Waals surface area (Å²) in [4.78, 5) is 9.72. The standard InChI is InChI=1S/C20H32N4/c1-2-10-22-19(3-1)24-13-4-18(5-14-24)17-23-15-8-20(9-16-23)6-11-21-12-7-20/h1-3,10,18,21H,4-9,11-17H2. The van der Waals surface area contributed by atoms with Crippen LogP contribution in [-0.4, -0.2) is 55.7 Å². The van der Waals surface area contributed by atoms with Crippen LogP contribution in [0.3, 0.4) is 0 Å². The molecule has 0 amide bonds. The van der Waals surface area contributed by atoms with Crippen molar-refractivity contribution in [2.45, 2.75) is 38.5 Å². The summed E-state index contributed by atoms with van der Waals surface area (Å²) in [5, 5.41) is 3.53. The van der Waals surface area contributed by atoms with Gasteiger partial charge < -0.3 is 15.1 Å². The van der Waals surface area contributed by atoms with Gasteiger partial charge in [-0.25, -0.2) is 4.98 Å². The lowest BCUT2D eigenvalue weighted by Gasteiger charge is -2.45. The molecule has 0 atom stereocenters. The van der Waals surface area contributed by atoms with Crippen molar-refractivity contribution in [3.63, 3.8) is 0 Å². The molecule has 3 fully saturated rings. The van der Waals surface area contributed by atoms with Crippen molar-refractivity contribution in [1.29, 1.82) is 0 Å². The van der Waals surface area contributed by atoms with Gasteiger partial charge in [0.05, 0.1) is 0 Å². The molecule has 132 valence electrons.